The van der Waals surface area contributed by atoms with Gasteiger partial charge in [0.1, 0.15) is 12.3 Å². The molecule has 1 aliphatic rings. The van der Waals surface area contributed by atoms with Gasteiger partial charge in [0, 0.05) is 12.3 Å². The third-order valence-electron chi connectivity index (χ3n) is 1.72. The maximum Gasteiger partial charge on any atom is 0.129 e. The van der Waals surface area contributed by atoms with Gasteiger partial charge in [0.05, 0.1) is 6.54 Å². The van der Waals surface area contributed by atoms with Crippen LogP contribution in [0.1, 0.15) is 13.8 Å². The Morgan fingerprint density at radius 2 is 2.58 bits per heavy atom. The van der Waals surface area contributed by atoms with E-state index >= 15 is 0 Å². The molecule has 1 heterocycles. The van der Waals surface area contributed by atoms with Gasteiger partial charge in [0.15, 0.2) is 0 Å². The SMILES string of the molecule is C#C[C@H](C)OC1CN=C(C)CN1. The Morgan fingerprint density at radius 3 is 3.08 bits per heavy atom. The fourth-order valence-corrected chi connectivity index (χ4v) is 0.998. The lowest BCUT2D eigenvalue weighted by Gasteiger charge is -2.23. The topological polar surface area (TPSA) is 33.6 Å². The zero-order valence-electron chi connectivity index (χ0n) is 7.50. The van der Waals surface area contributed by atoms with E-state index in [-0.39, 0.29) is 12.3 Å². The third-order valence-corrected chi connectivity index (χ3v) is 1.72. The second kappa shape index (κ2) is 4.24. The van der Waals surface area contributed by atoms with Crippen LogP contribution in [-0.4, -0.2) is 31.1 Å². The van der Waals surface area contributed by atoms with Gasteiger partial charge in [0.2, 0.25) is 0 Å². The molecule has 3 nitrogen and oxygen atoms in total. The van der Waals surface area contributed by atoms with Gasteiger partial charge in [-0.2, -0.15) is 0 Å². The highest BCUT2D eigenvalue weighted by Crippen LogP contribution is 1.99. The van der Waals surface area contributed by atoms with Crippen molar-refractivity contribution >= 4 is 5.71 Å². The minimum absolute atomic E-state index is 0.0141. The molecule has 0 fully saturated rings. The van der Waals surface area contributed by atoms with Crippen LogP contribution in [0.25, 0.3) is 0 Å². The first-order valence-electron chi connectivity index (χ1n) is 4.07. The molecule has 0 amide bonds. The molecule has 0 saturated heterocycles. The van der Waals surface area contributed by atoms with Crippen molar-refractivity contribution in [3.05, 3.63) is 0 Å². The van der Waals surface area contributed by atoms with Crippen LogP contribution in [0.3, 0.4) is 0 Å². The van der Waals surface area contributed by atoms with Crippen molar-refractivity contribution in [1.82, 2.24) is 5.32 Å². The van der Waals surface area contributed by atoms with Crippen molar-refractivity contribution in [2.75, 3.05) is 13.1 Å². The van der Waals surface area contributed by atoms with Crippen molar-refractivity contribution < 1.29 is 4.74 Å². The van der Waals surface area contributed by atoms with Crippen LogP contribution in [0.4, 0.5) is 0 Å². The number of nitrogens with one attached hydrogen (secondary N) is 1. The normalized spacial score (nSPS) is 25.8. The maximum absolute atomic E-state index is 5.43. The molecular weight excluding hydrogens is 152 g/mol. The Hall–Kier alpha value is -0.850. The molecular formula is C9H14N2O. The number of nitrogens with zero attached hydrogens (tertiary/aromatic N) is 1. The van der Waals surface area contributed by atoms with Gasteiger partial charge in [-0.05, 0) is 13.8 Å². The predicted molar refractivity (Wildman–Crippen MR) is 49.1 cm³/mol. The lowest BCUT2D eigenvalue weighted by Crippen LogP contribution is -2.42. The van der Waals surface area contributed by atoms with Crippen LogP contribution in [0.5, 0.6) is 0 Å². The lowest BCUT2D eigenvalue weighted by molar-refractivity contribution is 0.0127. The highest BCUT2D eigenvalue weighted by molar-refractivity contribution is 5.84. The molecule has 3 heteroatoms. The van der Waals surface area contributed by atoms with Gasteiger partial charge >= 0.3 is 0 Å². The standard InChI is InChI=1S/C9H14N2O/c1-4-8(3)12-9-6-10-7(2)5-11-9/h1,8-9,11H,5-6H2,2-3H3/t8-,9?/m0/s1. The first kappa shape index (κ1) is 9.24. The molecule has 0 aromatic heterocycles. The molecule has 0 radical (unpaired) electrons. The summed E-state index contributed by atoms with van der Waals surface area (Å²) in [6.45, 7) is 5.31. The van der Waals surface area contributed by atoms with E-state index < -0.39 is 0 Å². The monoisotopic (exact) mass is 166 g/mol. The van der Waals surface area contributed by atoms with Gasteiger partial charge in [0.25, 0.3) is 0 Å². The summed E-state index contributed by atoms with van der Waals surface area (Å²) in [5, 5.41) is 3.19. The highest BCUT2D eigenvalue weighted by Gasteiger charge is 2.14. The third kappa shape index (κ3) is 2.65. The smallest absolute Gasteiger partial charge is 0.129 e. The summed E-state index contributed by atoms with van der Waals surface area (Å²) in [5.74, 6) is 2.51. The van der Waals surface area contributed by atoms with Crippen LogP contribution < -0.4 is 5.32 Å². The van der Waals surface area contributed by atoms with E-state index in [1.807, 2.05) is 13.8 Å². The quantitative estimate of drug-likeness (QED) is 0.603. The summed E-state index contributed by atoms with van der Waals surface area (Å²) in [4.78, 5) is 4.26. The molecule has 0 bridgehead atoms. The largest absolute Gasteiger partial charge is 0.346 e. The van der Waals surface area contributed by atoms with E-state index in [2.05, 4.69) is 16.2 Å². The van der Waals surface area contributed by atoms with Gasteiger partial charge in [-0.1, -0.05) is 5.92 Å². The second-order valence-corrected chi connectivity index (χ2v) is 2.89. The van der Waals surface area contributed by atoms with E-state index in [0.717, 1.165) is 12.3 Å². The summed E-state index contributed by atoms with van der Waals surface area (Å²) in [7, 11) is 0. The maximum atomic E-state index is 5.43. The number of rotatable bonds is 2. The molecule has 1 aliphatic heterocycles. The minimum atomic E-state index is -0.142. The van der Waals surface area contributed by atoms with Crippen molar-refractivity contribution in [3.8, 4) is 12.3 Å². The van der Waals surface area contributed by atoms with E-state index in [1.54, 1.807) is 0 Å². The summed E-state index contributed by atoms with van der Waals surface area (Å²) < 4.78 is 5.43. The zero-order chi connectivity index (χ0) is 8.97. The summed E-state index contributed by atoms with van der Waals surface area (Å²) in [5.41, 5.74) is 1.11. The van der Waals surface area contributed by atoms with E-state index in [0.29, 0.717) is 6.54 Å². The van der Waals surface area contributed by atoms with Gasteiger partial charge < -0.3 is 4.74 Å². The zero-order valence-corrected chi connectivity index (χ0v) is 7.50. The molecule has 66 valence electrons. The Bertz CT molecular complexity index is 217. The molecule has 0 aliphatic carbocycles. The molecule has 0 aromatic carbocycles. The fraction of sp³-hybridized carbons (Fsp3) is 0.667. The fourth-order valence-electron chi connectivity index (χ4n) is 0.998. The van der Waals surface area contributed by atoms with Crippen LogP contribution in [-0.2, 0) is 4.74 Å². The number of hydrogen-bond donors (Lipinski definition) is 1. The first-order valence-corrected chi connectivity index (χ1v) is 4.07. The molecule has 0 spiro atoms. The number of ether oxygens (including phenoxy) is 1. The highest BCUT2D eigenvalue weighted by atomic mass is 16.5. The van der Waals surface area contributed by atoms with Crippen molar-refractivity contribution in [3.63, 3.8) is 0 Å². The average molecular weight is 166 g/mol. The summed E-state index contributed by atoms with van der Waals surface area (Å²) in [6, 6.07) is 0. The van der Waals surface area contributed by atoms with Gasteiger partial charge in [-0.15, -0.1) is 6.42 Å². The molecule has 1 rings (SSSR count). The predicted octanol–water partition coefficient (Wildman–Crippen LogP) is 0.415. The number of terminal acetylenes is 1. The summed E-state index contributed by atoms with van der Waals surface area (Å²) >= 11 is 0. The van der Waals surface area contributed by atoms with Crippen LogP contribution in [0, 0.1) is 12.3 Å². The molecule has 12 heavy (non-hydrogen) atoms. The summed E-state index contributed by atoms with van der Waals surface area (Å²) in [6.07, 6.45) is 5.02. The molecule has 0 saturated carbocycles. The molecule has 1 N–H and O–H groups in total. The Morgan fingerprint density at radius 1 is 1.83 bits per heavy atom. The van der Waals surface area contributed by atoms with Crippen molar-refractivity contribution in [1.29, 1.82) is 0 Å². The van der Waals surface area contributed by atoms with E-state index in [4.69, 9.17) is 11.2 Å². The molecule has 2 atom stereocenters. The van der Waals surface area contributed by atoms with Crippen molar-refractivity contribution in [2.45, 2.75) is 26.2 Å². The van der Waals surface area contributed by atoms with Gasteiger partial charge in [-0.3, -0.25) is 10.3 Å². The van der Waals surface area contributed by atoms with Crippen LogP contribution >= 0.6 is 0 Å². The van der Waals surface area contributed by atoms with Crippen LogP contribution in [0.2, 0.25) is 0 Å². The Balaban J connectivity index is 2.33. The lowest BCUT2D eigenvalue weighted by atomic mass is 10.3. The number of aliphatic imine (C=N–C) groups is 1. The second-order valence-electron chi connectivity index (χ2n) is 2.89. The molecule has 0 aromatic rings. The first-order chi connectivity index (χ1) is 5.72. The van der Waals surface area contributed by atoms with E-state index in [1.165, 1.54) is 0 Å². The average Bonchev–Trinajstić information content (AvgIpc) is 2.09. The molecule has 1 unspecified atom stereocenters. The van der Waals surface area contributed by atoms with Crippen molar-refractivity contribution in [2.24, 2.45) is 4.99 Å². The Labute approximate surface area is 73.2 Å². The minimum Gasteiger partial charge on any atom is -0.346 e. The van der Waals surface area contributed by atoms with Crippen LogP contribution in [0.15, 0.2) is 4.99 Å². The van der Waals surface area contributed by atoms with Gasteiger partial charge in [-0.25, -0.2) is 0 Å². The van der Waals surface area contributed by atoms with E-state index in [9.17, 15) is 0 Å². The number of hydrogen-bond acceptors (Lipinski definition) is 3. The Kier molecular flexibility index (Phi) is 3.27.